The summed E-state index contributed by atoms with van der Waals surface area (Å²) < 4.78 is 25.7. The van der Waals surface area contributed by atoms with E-state index in [1.165, 1.54) is 19.2 Å². The SMILES string of the molecule is CNC(=O)CCNS(=O)(=O)c1ccc(Cl)nc1. The molecule has 1 heterocycles. The summed E-state index contributed by atoms with van der Waals surface area (Å²) in [6.07, 6.45) is 1.24. The molecular weight excluding hydrogens is 266 g/mol. The van der Waals surface area contributed by atoms with E-state index >= 15 is 0 Å². The molecule has 0 bridgehead atoms. The Morgan fingerprint density at radius 1 is 1.47 bits per heavy atom. The van der Waals surface area contributed by atoms with Crippen LogP contribution in [-0.2, 0) is 14.8 Å². The lowest BCUT2D eigenvalue weighted by Gasteiger charge is -2.05. The van der Waals surface area contributed by atoms with Crippen molar-refractivity contribution in [3.05, 3.63) is 23.5 Å². The molecule has 6 nitrogen and oxygen atoms in total. The van der Waals surface area contributed by atoms with Crippen molar-refractivity contribution in [2.75, 3.05) is 13.6 Å². The second-order valence-electron chi connectivity index (χ2n) is 3.14. The highest BCUT2D eigenvalue weighted by molar-refractivity contribution is 7.89. The molecule has 0 saturated heterocycles. The Balaban J connectivity index is 2.63. The Bertz CT molecular complexity index is 487. The third-order valence-corrected chi connectivity index (χ3v) is 3.60. The van der Waals surface area contributed by atoms with E-state index in [1.54, 1.807) is 0 Å². The molecule has 2 N–H and O–H groups in total. The molecule has 1 rings (SSSR count). The summed E-state index contributed by atoms with van der Waals surface area (Å²) in [5.74, 6) is -0.234. The highest BCUT2D eigenvalue weighted by Gasteiger charge is 2.14. The van der Waals surface area contributed by atoms with Gasteiger partial charge in [-0.05, 0) is 12.1 Å². The molecule has 0 aliphatic heterocycles. The van der Waals surface area contributed by atoms with Crippen LogP contribution in [-0.4, -0.2) is 32.9 Å². The van der Waals surface area contributed by atoms with Crippen LogP contribution >= 0.6 is 11.6 Å². The van der Waals surface area contributed by atoms with Crippen LogP contribution in [0, 0.1) is 0 Å². The number of hydrogen-bond donors (Lipinski definition) is 2. The minimum absolute atomic E-state index is 0.0128. The number of pyridine rings is 1. The molecule has 0 spiro atoms. The first-order valence-electron chi connectivity index (χ1n) is 4.77. The lowest BCUT2D eigenvalue weighted by Crippen LogP contribution is -2.29. The molecule has 0 aliphatic rings. The van der Waals surface area contributed by atoms with Gasteiger partial charge in [0.2, 0.25) is 15.9 Å². The molecule has 0 unspecified atom stereocenters. The third-order valence-electron chi connectivity index (χ3n) is 1.93. The van der Waals surface area contributed by atoms with Crippen molar-refractivity contribution >= 4 is 27.5 Å². The highest BCUT2D eigenvalue weighted by atomic mass is 35.5. The standard InChI is InChI=1S/C9H12ClN3O3S/c1-11-9(14)4-5-13-17(15,16)7-2-3-8(10)12-6-7/h2-3,6,13H,4-5H2,1H3,(H,11,14). The van der Waals surface area contributed by atoms with E-state index in [0.29, 0.717) is 0 Å². The molecule has 1 aromatic rings. The number of nitrogens with one attached hydrogen (secondary N) is 2. The molecule has 1 aromatic heterocycles. The van der Waals surface area contributed by atoms with Crippen LogP contribution in [0.5, 0.6) is 0 Å². The molecule has 0 radical (unpaired) electrons. The average Bonchev–Trinajstić information content (AvgIpc) is 2.29. The molecular formula is C9H12ClN3O3S. The summed E-state index contributed by atoms with van der Waals surface area (Å²) in [5, 5.41) is 2.61. The van der Waals surface area contributed by atoms with Gasteiger partial charge in [0.1, 0.15) is 10.0 Å². The van der Waals surface area contributed by atoms with Gasteiger partial charge in [-0.3, -0.25) is 4.79 Å². The lowest BCUT2D eigenvalue weighted by atomic mass is 10.4. The highest BCUT2D eigenvalue weighted by Crippen LogP contribution is 2.10. The van der Waals surface area contributed by atoms with Crippen molar-refractivity contribution in [2.24, 2.45) is 0 Å². The van der Waals surface area contributed by atoms with Gasteiger partial charge in [-0.15, -0.1) is 0 Å². The van der Waals surface area contributed by atoms with E-state index in [1.807, 2.05) is 0 Å². The number of halogens is 1. The summed E-state index contributed by atoms with van der Waals surface area (Å²) in [4.78, 5) is 14.6. The zero-order valence-corrected chi connectivity index (χ0v) is 10.7. The maximum Gasteiger partial charge on any atom is 0.242 e. The zero-order valence-electron chi connectivity index (χ0n) is 9.10. The predicted octanol–water partition coefficient (Wildman–Crippen LogP) is 0.149. The van der Waals surface area contributed by atoms with Crippen LogP contribution in [0.2, 0.25) is 5.15 Å². The molecule has 0 aromatic carbocycles. The van der Waals surface area contributed by atoms with Crippen molar-refractivity contribution in [3.8, 4) is 0 Å². The Kier molecular flexibility index (Phi) is 4.86. The fourth-order valence-corrected chi connectivity index (χ4v) is 2.12. The Labute approximate surface area is 104 Å². The van der Waals surface area contributed by atoms with E-state index in [0.717, 1.165) is 6.20 Å². The van der Waals surface area contributed by atoms with Crippen molar-refractivity contribution in [1.29, 1.82) is 0 Å². The minimum atomic E-state index is -3.63. The van der Waals surface area contributed by atoms with Crippen LogP contribution in [0.15, 0.2) is 23.2 Å². The normalized spacial score (nSPS) is 11.2. The summed E-state index contributed by atoms with van der Waals surface area (Å²) >= 11 is 5.55. The summed E-state index contributed by atoms with van der Waals surface area (Å²) in [7, 11) is -2.15. The van der Waals surface area contributed by atoms with E-state index in [2.05, 4.69) is 15.0 Å². The van der Waals surface area contributed by atoms with Gasteiger partial charge < -0.3 is 5.32 Å². The Morgan fingerprint density at radius 3 is 2.71 bits per heavy atom. The van der Waals surface area contributed by atoms with Crippen LogP contribution in [0.4, 0.5) is 0 Å². The quantitative estimate of drug-likeness (QED) is 0.750. The summed E-state index contributed by atoms with van der Waals surface area (Å²) in [6.45, 7) is 0.0324. The number of carbonyl (C=O) groups excluding carboxylic acids is 1. The van der Waals surface area contributed by atoms with Crippen molar-refractivity contribution < 1.29 is 13.2 Å². The maximum absolute atomic E-state index is 11.7. The molecule has 0 fully saturated rings. The molecule has 0 saturated carbocycles. The number of sulfonamides is 1. The molecule has 0 aliphatic carbocycles. The summed E-state index contributed by atoms with van der Waals surface area (Å²) in [5.41, 5.74) is 0. The molecule has 1 amide bonds. The molecule has 0 atom stereocenters. The third kappa shape index (κ3) is 4.29. The van der Waals surface area contributed by atoms with Crippen LogP contribution < -0.4 is 10.0 Å². The number of nitrogens with zero attached hydrogens (tertiary/aromatic N) is 1. The number of aromatic nitrogens is 1. The topological polar surface area (TPSA) is 88.2 Å². The van der Waals surface area contributed by atoms with Crippen molar-refractivity contribution in [2.45, 2.75) is 11.3 Å². The van der Waals surface area contributed by atoms with Gasteiger partial charge in [0.15, 0.2) is 0 Å². The van der Waals surface area contributed by atoms with Crippen molar-refractivity contribution in [1.82, 2.24) is 15.0 Å². The first-order valence-corrected chi connectivity index (χ1v) is 6.63. The monoisotopic (exact) mass is 277 g/mol. The van der Waals surface area contributed by atoms with E-state index < -0.39 is 10.0 Å². The molecule has 8 heteroatoms. The summed E-state index contributed by atoms with van der Waals surface area (Å²) in [6, 6.07) is 2.73. The van der Waals surface area contributed by atoms with Gasteiger partial charge in [0.05, 0.1) is 0 Å². The maximum atomic E-state index is 11.7. The lowest BCUT2D eigenvalue weighted by molar-refractivity contribution is -0.120. The van der Waals surface area contributed by atoms with Gasteiger partial charge in [0.25, 0.3) is 0 Å². The average molecular weight is 278 g/mol. The van der Waals surface area contributed by atoms with Gasteiger partial charge in [-0.2, -0.15) is 0 Å². The Hall–Kier alpha value is -1.18. The van der Waals surface area contributed by atoms with Gasteiger partial charge in [-0.25, -0.2) is 18.1 Å². The number of amides is 1. The van der Waals surface area contributed by atoms with Crippen molar-refractivity contribution in [3.63, 3.8) is 0 Å². The number of carbonyl (C=O) groups is 1. The molecule has 17 heavy (non-hydrogen) atoms. The smallest absolute Gasteiger partial charge is 0.242 e. The molecule has 94 valence electrons. The fraction of sp³-hybridized carbons (Fsp3) is 0.333. The van der Waals surface area contributed by atoms with Crippen LogP contribution in [0.1, 0.15) is 6.42 Å². The van der Waals surface area contributed by atoms with E-state index in [4.69, 9.17) is 11.6 Å². The van der Waals surface area contributed by atoms with Crippen LogP contribution in [0.3, 0.4) is 0 Å². The first-order chi connectivity index (χ1) is 7.95. The minimum Gasteiger partial charge on any atom is -0.359 e. The number of hydrogen-bond acceptors (Lipinski definition) is 4. The Morgan fingerprint density at radius 2 is 2.18 bits per heavy atom. The van der Waals surface area contributed by atoms with Gasteiger partial charge in [-0.1, -0.05) is 11.6 Å². The first kappa shape index (κ1) is 13.9. The second-order valence-corrected chi connectivity index (χ2v) is 5.29. The predicted molar refractivity (Wildman–Crippen MR) is 63.1 cm³/mol. The second kappa shape index (κ2) is 5.95. The largest absolute Gasteiger partial charge is 0.359 e. The van der Waals surface area contributed by atoms with E-state index in [-0.39, 0.29) is 28.9 Å². The zero-order chi connectivity index (χ0) is 12.9. The van der Waals surface area contributed by atoms with E-state index in [9.17, 15) is 13.2 Å². The van der Waals surface area contributed by atoms with Gasteiger partial charge in [0, 0.05) is 26.2 Å². The number of rotatable bonds is 5. The van der Waals surface area contributed by atoms with Crippen LogP contribution in [0.25, 0.3) is 0 Å². The fourth-order valence-electron chi connectivity index (χ4n) is 1.03. The van der Waals surface area contributed by atoms with Gasteiger partial charge >= 0.3 is 0 Å².